The van der Waals surface area contributed by atoms with Gasteiger partial charge in [0.25, 0.3) is 0 Å². The zero-order valence-corrected chi connectivity index (χ0v) is 10.3. The van der Waals surface area contributed by atoms with Gasteiger partial charge in [0.2, 0.25) is 0 Å². The highest BCUT2D eigenvalue weighted by Crippen LogP contribution is 2.35. The van der Waals surface area contributed by atoms with Crippen LogP contribution in [0.1, 0.15) is 59.8 Å². The highest BCUT2D eigenvalue weighted by molar-refractivity contribution is 5.75. The molecule has 0 spiro atoms. The molecule has 0 aromatic rings. The third-order valence-electron chi connectivity index (χ3n) is 3.40. The Hall–Kier alpha value is -0.570. The van der Waals surface area contributed by atoms with Gasteiger partial charge in [0, 0.05) is 0 Å². The summed E-state index contributed by atoms with van der Waals surface area (Å²) in [6, 6.07) is 0. The number of aliphatic carboxylic acids is 1. The maximum absolute atomic E-state index is 11.0. The van der Waals surface area contributed by atoms with E-state index in [0.29, 0.717) is 6.42 Å². The average molecular weight is 216 g/mol. The lowest BCUT2D eigenvalue weighted by Gasteiger charge is -2.36. The van der Waals surface area contributed by atoms with Crippen LogP contribution in [0.2, 0.25) is 0 Å². The van der Waals surface area contributed by atoms with Crippen LogP contribution in [-0.4, -0.2) is 21.8 Å². The lowest BCUT2D eigenvalue weighted by molar-refractivity contribution is -0.163. The van der Waals surface area contributed by atoms with Gasteiger partial charge in [-0.15, -0.1) is 0 Å². The highest BCUT2D eigenvalue weighted by atomic mass is 16.4. The van der Waals surface area contributed by atoms with Crippen LogP contribution in [0.5, 0.6) is 0 Å². The molecule has 0 saturated carbocycles. The third kappa shape index (κ3) is 3.82. The van der Waals surface area contributed by atoms with E-state index in [2.05, 4.69) is 6.92 Å². The normalized spacial score (nSPS) is 16.1. The molecule has 1 atom stereocenters. The van der Waals surface area contributed by atoms with Crippen LogP contribution in [0.4, 0.5) is 0 Å². The summed E-state index contributed by atoms with van der Waals surface area (Å²) in [6.07, 6.45) is 4.78. The fourth-order valence-electron chi connectivity index (χ4n) is 1.44. The molecule has 90 valence electrons. The molecule has 0 amide bonds. The van der Waals surface area contributed by atoms with E-state index in [0.717, 1.165) is 25.7 Å². The number of aliphatic hydroxyl groups is 1. The largest absolute Gasteiger partial charge is 0.481 e. The van der Waals surface area contributed by atoms with Gasteiger partial charge in [-0.25, -0.2) is 0 Å². The van der Waals surface area contributed by atoms with Crippen LogP contribution in [-0.2, 0) is 4.79 Å². The molecule has 0 radical (unpaired) electrons. The van der Waals surface area contributed by atoms with Gasteiger partial charge in [-0.05, 0) is 27.2 Å². The van der Waals surface area contributed by atoms with Crippen molar-refractivity contribution >= 4 is 5.97 Å². The predicted octanol–water partition coefficient (Wildman–Crippen LogP) is 2.82. The molecule has 2 N–H and O–H groups in total. The summed E-state index contributed by atoms with van der Waals surface area (Å²) in [4.78, 5) is 11.0. The van der Waals surface area contributed by atoms with E-state index in [-0.39, 0.29) is 0 Å². The van der Waals surface area contributed by atoms with Gasteiger partial charge in [0.15, 0.2) is 0 Å². The fraction of sp³-hybridized carbons (Fsp3) is 0.917. The average Bonchev–Trinajstić information content (AvgIpc) is 2.12. The molecule has 0 aromatic heterocycles. The van der Waals surface area contributed by atoms with Crippen LogP contribution in [0, 0.1) is 5.41 Å². The highest BCUT2D eigenvalue weighted by Gasteiger charge is 2.44. The van der Waals surface area contributed by atoms with E-state index in [1.807, 2.05) is 0 Å². The molecular formula is C12H24O3. The maximum Gasteiger partial charge on any atom is 0.311 e. The van der Waals surface area contributed by atoms with Crippen molar-refractivity contribution in [3.05, 3.63) is 0 Å². The van der Waals surface area contributed by atoms with E-state index in [9.17, 15) is 9.90 Å². The van der Waals surface area contributed by atoms with Gasteiger partial charge in [0.05, 0.1) is 11.0 Å². The Kier molecular flexibility index (Phi) is 5.29. The first-order valence-electron chi connectivity index (χ1n) is 5.71. The van der Waals surface area contributed by atoms with E-state index < -0.39 is 17.0 Å². The van der Waals surface area contributed by atoms with E-state index in [4.69, 9.17) is 5.11 Å². The Balaban J connectivity index is 4.22. The van der Waals surface area contributed by atoms with Crippen molar-refractivity contribution in [3.63, 3.8) is 0 Å². The predicted molar refractivity (Wildman–Crippen MR) is 60.8 cm³/mol. The molecule has 0 bridgehead atoms. The van der Waals surface area contributed by atoms with Crippen molar-refractivity contribution in [2.45, 2.75) is 65.4 Å². The number of hydrogen-bond donors (Lipinski definition) is 2. The van der Waals surface area contributed by atoms with Crippen LogP contribution < -0.4 is 0 Å². The summed E-state index contributed by atoms with van der Waals surface area (Å²) in [6.45, 7) is 6.90. The van der Waals surface area contributed by atoms with Crippen molar-refractivity contribution < 1.29 is 15.0 Å². The number of carbonyl (C=O) groups is 1. The van der Waals surface area contributed by atoms with E-state index in [1.54, 1.807) is 20.8 Å². The topological polar surface area (TPSA) is 57.5 Å². The molecule has 0 saturated heterocycles. The second-order valence-electron chi connectivity index (χ2n) is 5.01. The van der Waals surface area contributed by atoms with Crippen LogP contribution in [0.25, 0.3) is 0 Å². The number of carboxylic acids is 1. The minimum Gasteiger partial charge on any atom is -0.481 e. The molecule has 0 aliphatic carbocycles. The number of unbranched alkanes of at least 4 members (excludes halogenated alkanes) is 3. The molecule has 0 aliphatic rings. The van der Waals surface area contributed by atoms with Crippen molar-refractivity contribution in [1.29, 1.82) is 0 Å². The Morgan fingerprint density at radius 3 is 2.07 bits per heavy atom. The maximum atomic E-state index is 11.0. The van der Waals surface area contributed by atoms with Crippen molar-refractivity contribution in [2.24, 2.45) is 5.41 Å². The first kappa shape index (κ1) is 14.4. The zero-order chi connectivity index (χ0) is 12.1. The molecule has 3 heteroatoms. The summed E-state index contributed by atoms with van der Waals surface area (Å²) >= 11 is 0. The summed E-state index contributed by atoms with van der Waals surface area (Å²) in [5.41, 5.74) is -2.22. The summed E-state index contributed by atoms with van der Waals surface area (Å²) in [7, 11) is 0. The summed E-state index contributed by atoms with van der Waals surface area (Å²) < 4.78 is 0. The zero-order valence-electron chi connectivity index (χ0n) is 10.3. The molecule has 3 nitrogen and oxygen atoms in total. The second kappa shape index (κ2) is 5.50. The quantitative estimate of drug-likeness (QED) is 0.643. The lowest BCUT2D eigenvalue weighted by Crippen LogP contribution is -2.47. The monoisotopic (exact) mass is 216 g/mol. The molecule has 0 fully saturated rings. The molecule has 0 heterocycles. The molecule has 0 aliphatic heterocycles. The van der Waals surface area contributed by atoms with Crippen molar-refractivity contribution in [1.82, 2.24) is 0 Å². The minimum atomic E-state index is -1.13. The first-order valence-corrected chi connectivity index (χ1v) is 5.71. The first-order chi connectivity index (χ1) is 6.75. The van der Waals surface area contributed by atoms with Gasteiger partial charge < -0.3 is 10.2 Å². The second-order valence-corrected chi connectivity index (χ2v) is 5.01. The minimum absolute atomic E-state index is 0.548. The summed E-state index contributed by atoms with van der Waals surface area (Å²) in [5, 5.41) is 19.2. The SMILES string of the molecule is CCCCCCC(C)(O)C(C)(C)C(=O)O. The Morgan fingerprint density at radius 1 is 1.13 bits per heavy atom. The van der Waals surface area contributed by atoms with Gasteiger partial charge in [-0.1, -0.05) is 32.6 Å². The molecule has 1 unspecified atom stereocenters. The van der Waals surface area contributed by atoms with E-state index >= 15 is 0 Å². The smallest absolute Gasteiger partial charge is 0.311 e. The Labute approximate surface area is 92.5 Å². The number of carboxylic acid groups (broad SMARTS) is 1. The van der Waals surface area contributed by atoms with E-state index in [1.165, 1.54) is 0 Å². The van der Waals surface area contributed by atoms with Gasteiger partial charge >= 0.3 is 5.97 Å². The van der Waals surface area contributed by atoms with Crippen LogP contribution in [0.15, 0.2) is 0 Å². The molecule has 0 rings (SSSR count). The fourth-order valence-corrected chi connectivity index (χ4v) is 1.44. The Bertz CT molecular complexity index is 207. The Morgan fingerprint density at radius 2 is 1.67 bits per heavy atom. The van der Waals surface area contributed by atoms with Crippen LogP contribution >= 0.6 is 0 Å². The van der Waals surface area contributed by atoms with Gasteiger partial charge in [-0.3, -0.25) is 4.79 Å². The number of hydrogen-bond acceptors (Lipinski definition) is 2. The molecule has 15 heavy (non-hydrogen) atoms. The van der Waals surface area contributed by atoms with Gasteiger partial charge in [0.1, 0.15) is 0 Å². The lowest BCUT2D eigenvalue weighted by atomic mass is 9.73. The molecular weight excluding hydrogens is 192 g/mol. The van der Waals surface area contributed by atoms with Crippen molar-refractivity contribution in [3.8, 4) is 0 Å². The standard InChI is InChI=1S/C12H24O3/c1-5-6-7-8-9-12(4,15)11(2,3)10(13)14/h15H,5-9H2,1-4H3,(H,13,14). The number of rotatable bonds is 7. The third-order valence-corrected chi connectivity index (χ3v) is 3.40. The van der Waals surface area contributed by atoms with Gasteiger partial charge in [-0.2, -0.15) is 0 Å². The summed E-state index contributed by atoms with van der Waals surface area (Å²) in [5.74, 6) is -0.942. The molecule has 0 aromatic carbocycles. The van der Waals surface area contributed by atoms with Crippen molar-refractivity contribution in [2.75, 3.05) is 0 Å². The van der Waals surface area contributed by atoms with Crippen LogP contribution in [0.3, 0.4) is 0 Å².